The molecule has 3 rings (SSSR count). The van der Waals surface area contributed by atoms with E-state index in [2.05, 4.69) is 10.0 Å². The van der Waals surface area contributed by atoms with Gasteiger partial charge < -0.3 is 10.1 Å². The standard InChI is InChI=1S/C15H12ClFN2O4S/c1-8-15(20)18-12-7-10(3-4-13(12)23-8)19-24(21,22)14-5-2-9(17)6-11(14)16/h2-8,19H,1H3,(H,18,20). The topological polar surface area (TPSA) is 84.5 Å². The van der Waals surface area contributed by atoms with Gasteiger partial charge in [-0.3, -0.25) is 9.52 Å². The summed E-state index contributed by atoms with van der Waals surface area (Å²) in [5.74, 6) is -0.532. The number of sulfonamides is 1. The zero-order valence-electron chi connectivity index (χ0n) is 12.3. The molecule has 24 heavy (non-hydrogen) atoms. The number of benzene rings is 2. The monoisotopic (exact) mass is 370 g/mol. The first-order valence-electron chi connectivity index (χ1n) is 6.86. The zero-order chi connectivity index (χ0) is 17.5. The van der Waals surface area contributed by atoms with Gasteiger partial charge in [0.05, 0.1) is 16.4 Å². The summed E-state index contributed by atoms with van der Waals surface area (Å²) in [6.45, 7) is 1.60. The summed E-state index contributed by atoms with van der Waals surface area (Å²) >= 11 is 5.79. The summed E-state index contributed by atoms with van der Waals surface area (Å²) in [5.41, 5.74) is 0.552. The zero-order valence-corrected chi connectivity index (χ0v) is 13.9. The second-order valence-corrected chi connectivity index (χ2v) is 7.20. The highest BCUT2D eigenvalue weighted by atomic mass is 35.5. The summed E-state index contributed by atoms with van der Waals surface area (Å²) in [7, 11) is -4.01. The van der Waals surface area contributed by atoms with Crippen LogP contribution in [0.2, 0.25) is 5.02 Å². The van der Waals surface area contributed by atoms with Crippen LogP contribution in [0.15, 0.2) is 41.3 Å². The smallest absolute Gasteiger partial charge is 0.265 e. The van der Waals surface area contributed by atoms with Crippen LogP contribution < -0.4 is 14.8 Å². The number of hydrogen-bond donors (Lipinski definition) is 2. The Morgan fingerprint density at radius 2 is 2.00 bits per heavy atom. The number of halogens is 2. The highest BCUT2D eigenvalue weighted by molar-refractivity contribution is 7.92. The van der Waals surface area contributed by atoms with Crippen LogP contribution in [0.25, 0.3) is 0 Å². The van der Waals surface area contributed by atoms with Gasteiger partial charge in [-0.1, -0.05) is 11.6 Å². The maximum atomic E-state index is 13.1. The van der Waals surface area contributed by atoms with Gasteiger partial charge in [0.15, 0.2) is 6.10 Å². The molecule has 126 valence electrons. The van der Waals surface area contributed by atoms with Crippen molar-refractivity contribution in [2.75, 3.05) is 10.0 Å². The van der Waals surface area contributed by atoms with Crippen LogP contribution in [0.3, 0.4) is 0 Å². The van der Waals surface area contributed by atoms with Crippen molar-refractivity contribution in [2.45, 2.75) is 17.9 Å². The molecule has 0 saturated carbocycles. The van der Waals surface area contributed by atoms with Gasteiger partial charge in [0, 0.05) is 0 Å². The van der Waals surface area contributed by atoms with Crippen molar-refractivity contribution in [2.24, 2.45) is 0 Å². The molecule has 1 aliphatic heterocycles. The van der Waals surface area contributed by atoms with Crippen LogP contribution in [0, 0.1) is 5.82 Å². The number of ether oxygens (including phenoxy) is 1. The lowest BCUT2D eigenvalue weighted by Crippen LogP contribution is -2.34. The van der Waals surface area contributed by atoms with Crippen molar-refractivity contribution in [3.8, 4) is 5.75 Å². The van der Waals surface area contributed by atoms with Crippen molar-refractivity contribution in [1.82, 2.24) is 0 Å². The van der Waals surface area contributed by atoms with Crippen LogP contribution in [-0.4, -0.2) is 20.4 Å². The van der Waals surface area contributed by atoms with E-state index in [-0.39, 0.29) is 21.5 Å². The second-order valence-electron chi connectivity index (χ2n) is 5.14. The summed E-state index contributed by atoms with van der Waals surface area (Å²) in [4.78, 5) is 11.4. The fraction of sp³-hybridized carbons (Fsp3) is 0.133. The number of anilines is 2. The minimum atomic E-state index is -4.01. The number of carbonyl (C=O) groups excluding carboxylic acids is 1. The third-order valence-corrected chi connectivity index (χ3v) is 5.21. The number of nitrogens with one attached hydrogen (secondary N) is 2. The Morgan fingerprint density at radius 1 is 1.25 bits per heavy atom. The first-order valence-corrected chi connectivity index (χ1v) is 8.72. The van der Waals surface area contributed by atoms with Crippen LogP contribution in [0.4, 0.5) is 15.8 Å². The van der Waals surface area contributed by atoms with E-state index in [1.807, 2.05) is 0 Å². The van der Waals surface area contributed by atoms with E-state index in [0.717, 1.165) is 18.2 Å². The molecular formula is C15H12ClFN2O4S. The molecule has 0 fully saturated rings. The lowest BCUT2D eigenvalue weighted by atomic mass is 10.2. The predicted octanol–water partition coefficient (Wildman–Crippen LogP) is 3.00. The Hall–Kier alpha value is -2.32. The van der Waals surface area contributed by atoms with E-state index < -0.39 is 21.9 Å². The molecule has 0 saturated heterocycles. The van der Waals surface area contributed by atoms with Gasteiger partial charge in [0.1, 0.15) is 16.5 Å². The fourth-order valence-corrected chi connectivity index (χ4v) is 3.76. The molecule has 1 amide bonds. The summed E-state index contributed by atoms with van der Waals surface area (Å²) in [5, 5.41) is 2.39. The average molecular weight is 371 g/mol. The Labute approximate surface area is 142 Å². The molecule has 0 radical (unpaired) electrons. The molecule has 0 spiro atoms. The second kappa shape index (κ2) is 5.95. The van der Waals surface area contributed by atoms with Crippen LogP contribution in [0.1, 0.15) is 6.92 Å². The maximum Gasteiger partial charge on any atom is 0.265 e. The van der Waals surface area contributed by atoms with E-state index in [9.17, 15) is 17.6 Å². The summed E-state index contributed by atoms with van der Waals surface area (Å²) < 4.78 is 45.6. The Balaban J connectivity index is 1.91. The minimum absolute atomic E-state index is 0.201. The molecule has 9 heteroatoms. The largest absolute Gasteiger partial charge is 0.479 e. The van der Waals surface area contributed by atoms with Crippen LogP contribution in [-0.2, 0) is 14.8 Å². The molecule has 1 heterocycles. The Morgan fingerprint density at radius 3 is 2.71 bits per heavy atom. The van der Waals surface area contributed by atoms with Gasteiger partial charge in [0.2, 0.25) is 0 Å². The number of hydrogen-bond acceptors (Lipinski definition) is 4. The number of carbonyl (C=O) groups is 1. The minimum Gasteiger partial charge on any atom is -0.479 e. The van der Waals surface area contributed by atoms with Crippen molar-refractivity contribution in [3.63, 3.8) is 0 Å². The molecule has 0 bridgehead atoms. The molecule has 2 aromatic carbocycles. The lowest BCUT2D eigenvalue weighted by Gasteiger charge is -2.23. The van der Waals surface area contributed by atoms with Crippen molar-refractivity contribution < 1.29 is 22.3 Å². The molecule has 1 unspecified atom stereocenters. The first kappa shape index (κ1) is 16.5. The first-order chi connectivity index (χ1) is 11.3. The summed E-state index contributed by atoms with van der Waals surface area (Å²) in [6.07, 6.45) is -0.627. The van der Waals surface area contributed by atoms with Crippen LogP contribution in [0.5, 0.6) is 5.75 Å². The Bertz CT molecular complexity index is 933. The molecule has 1 aliphatic rings. The highest BCUT2D eigenvalue weighted by Crippen LogP contribution is 2.33. The van der Waals surface area contributed by atoms with Crippen molar-refractivity contribution in [3.05, 3.63) is 47.2 Å². The van der Waals surface area contributed by atoms with Crippen LogP contribution >= 0.6 is 11.6 Å². The molecule has 6 nitrogen and oxygen atoms in total. The van der Waals surface area contributed by atoms with Gasteiger partial charge >= 0.3 is 0 Å². The average Bonchev–Trinajstić information content (AvgIpc) is 2.48. The van der Waals surface area contributed by atoms with E-state index in [0.29, 0.717) is 11.4 Å². The molecule has 2 N–H and O–H groups in total. The molecule has 0 aliphatic carbocycles. The fourth-order valence-electron chi connectivity index (χ4n) is 2.18. The quantitative estimate of drug-likeness (QED) is 0.869. The van der Waals surface area contributed by atoms with E-state index >= 15 is 0 Å². The van der Waals surface area contributed by atoms with Gasteiger partial charge in [0.25, 0.3) is 15.9 Å². The molecule has 2 aromatic rings. The summed E-state index contributed by atoms with van der Waals surface area (Å²) in [6, 6.07) is 7.44. The molecular weight excluding hydrogens is 359 g/mol. The SMILES string of the molecule is CC1Oc2ccc(NS(=O)(=O)c3ccc(F)cc3Cl)cc2NC1=O. The van der Waals surface area contributed by atoms with Crippen molar-refractivity contribution >= 4 is 38.9 Å². The van der Waals surface area contributed by atoms with Gasteiger partial charge in [-0.2, -0.15) is 0 Å². The van der Waals surface area contributed by atoms with E-state index in [4.69, 9.17) is 16.3 Å². The number of rotatable bonds is 3. The third-order valence-electron chi connectivity index (χ3n) is 3.35. The van der Waals surface area contributed by atoms with Crippen molar-refractivity contribution in [1.29, 1.82) is 0 Å². The van der Waals surface area contributed by atoms with Gasteiger partial charge in [-0.15, -0.1) is 0 Å². The Kier molecular flexibility index (Phi) is 4.10. The normalized spacial score (nSPS) is 16.8. The molecule has 0 aromatic heterocycles. The van der Waals surface area contributed by atoms with Gasteiger partial charge in [-0.25, -0.2) is 12.8 Å². The molecule has 1 atom stereocenters. The highest BCUT2D eigenvalue weighted by Gasteiger charge is 2.24. The number of fused-ring (bicyclic) bond motifs is 1. The maximum absolute atomic E-state index is 13.1. The third kappa shape index (κ3) is 3.15. The lowest BCUT2D eigenvalue weighted by molar-refractivity contribution is -0.122. The van der Waals surface area contributed by atoms with E-state index in [1.165, 1.54) is 18.2 Å². The van der Waals surface area contributed by atoms with Gasteiger partial charge in [-0.05, 0) is 43.3 Å². The predicted molar refractivity (Wildman–Crippen MR) is 87.4 cm³/mol. The number of amides is 1. The van der Waals surface area contributed by atoms with E-state index in [1.54, 1.807) is 6.92 Å².